The molecular weight excluding hydrogens is 220 g/mol. The molecule has 0 saturated heterocycles. The van der Waals surface area contributed by atoms with Crippen LogP contribution in [0.3, 0.4) is 0 Å². The van der Waals surface area contributed by atoms with Crippen LogP contribution in [0.1, 0.15) is 39.5 Å². The van der Waals surface area contributed by atoms with E-state index in [0.29, 0.717) is 0 Å². The zero-order valence-corrected chi connectivity index (χ0v) is 10.8. The molecule has 0 unspecified atom stereocenters. The quantitative estimate of drug-likeness (QED) is 0.709. The summed E-state index contributed by atoms with van der Waals surface area (Å²) in [5, 5.41) is 2.74. The van der Waals surface area contributed by atoms with E-state index >= 15 is 0 Å². The summed E-state index contributed by atoms with van der Waals surface area (Å²) in [5.74, 6) is -0.538. The summed E-state index contributed by atoms with van der Waals surface area (Å²) in [7, 11) is 1.32. The number of nitrogens with two attached hydrogens (primary N) is 1. The Morgan fingerprint density at radius 2 is 1.76 bits per heavy atom. The van der Waals surface area contributed by atoms with Crippen LogP contribution in [0.15, 0.2) is 0 Å². The average Bonchev–Trinajstić information content (AvgIpc) is 2.28. The van der Waals surface area contributed by atoms with Crippen LogP contribution in [0.4, 0.5) is 0 Å². The summed E-state index contributed by atoms with van der Waals surface area (Å²) in [4.78, 5) is 23.4. The van der Waals surface area contributed by atoms with E-state index in [2.05, 4.69) is 10.1 Å². The minimum Gasteiger partial charge on any atom is -0.467 e. The fourth-order valence-electron chi connectivity index (χ4n) is 2.10. The summed E-state index contributed by atoms with van der Waals surface area (Å²) >= 11 is 0. The minimum absolute atomic E-state index is 0.0290. The van der Waals surface area contributed by atoms with Gasteiger partial charge in [-0.3, -0.25) is 4.79 Å². The standard InChI is InChI=1S/C12H22N2O3/c1-12(2,11(16)17-3)14-10(15)8-4-6-9(13)7-5-8/h8-9H,4-7,13H2,1-3H3,(H,14,15). The number of methoxy groups -OCH3 is 1. The van der Waals surface area contributed by atoms with Gasteiger partial charge in [-0.1, -0.05) is 0 Å². The topological polar surface area (TPSA) is 81.4 Å². The van der Waals surface area contributed by atoms with Crippen LogP contribution in [-0.2, 0) is 14.3 Å². The van der Waals surface area contributed by atoms with Crippen molar-refractivity contribution in [2.24, 2.45) is 11.7 Å². The lowest BCUT2D eigenvalue weighted by Gasteiger charge is -2.29. The van der Waals surface area contributed by atoms with E-state index in [9.17, 15) is 9.59 Å². The Morgan fingerprint density at radius 1 is 1.24 bits per heavy atom. The van der Waals surface area contributed by atoms with Crippen molar-refractivity contribution in [3.05, 3.63) is 0 Å². The van der Waals surface area contributed by atoms with Gasteiger partial charge in [-0.2, -0.15) is 0 Å². The molecule has 0 bridgehead atoms. The highest BCUT2D eigenvalue weighted by Gasteiger charge is 2.34. The molecule has 1 aliphatic rings. The van der Waals surface area contributed by atoms with Crippen LogP contribution < -0.4 is 11.1 Å². The molecule has 1 aliphatic carbocycles. The molecule has 0 aromatic carbocycles. The summed E-state index contributed by atoms with van der Waals surface area (Å²) in [5.41, 5.74) is 4.82. The van der Waals surface area contributed by atoms with Gasteiger partial charge in [0, 0.05) is 12.0 Å². The van der Waals surface area contributed by atoms with Crippen LogP contribution >= 0.6 is 0 Å². The van der Waals surface area contributed by atoms with Crippen molar-refractivity contribution >= 4 is 11.9 Å². The molecule has 0 spiro atoms. The van der Waals surface area contributed by atoms with Gasteiger partial charge in [-0.25, -0.2) is 4.79 Å². The van der Waals surface area contributed by atoms with Gasteiger partial charge in [0.15, 0.2) is 0 Å². The second-order valence-electron chi connectivity index (χ2n) is 5.22. The summed E-state index contributed by atoms with van der Waals surface area (Å²) < 4.78 is 4.65. The lowest BCUT2D eigenvalue weighted by molar-refractivity contribution is -0.150. The van der Waals surface area contributed by atoms with Crippen LogP contribution in [-0.4, -0.2) is 30.6 Å². The van der Waals surface area contributed by atoms with Crippen LogP contribution in [0.2, 0.25) is 0 Å². The second-order valence-corrected chi connectivity index (χ2v) is 5.22. The van der Waals surface area contributed by atoms with E-state index in [1.165, 1.54) is 7.11 Å². The van der Waals surface area contributed by atoms with Gasteiger partial charge in [0.05, 0.1) is 7.11 Å². The van der Waals surface area contributed by atoms with Crippen molar-refractivity contribution in [1.29, 1.82) is 0 Å². The third kappa shape index (κ3) is 3.70. The van der Waals surface area contributed by atoms with Crippen LogP contribution in [0.25, 0.3) is 0 Å². The molecule has 98 valence electrons. The molecule has 0 atom stereocenters. The van der Waals surface area contributed by atoms with Gasteiger partial charge >= 0.3 is 5.97 Å². The Morgan fingerprint density at radius 3 is 2.24 bits per heavy atom. The van der Waals surface area contributed by atoms with E-state index in [4.69, 9.17) is 5.73 Å². The monoisotopic (exact) mass is 242 g/mol. The van der Waals surface area contributed by atoms with Crippen molar-refractivity contribution in [2.45, 2.75) is 51.1 Å². The molecule has 0 aromatic rings. The Hall–Kier alpha value is -1.10. The maximum absolute atomic E-state index is 12.0. The molecule has 1 fully saturated rings. The first-order chi connectivity index (χ1) is 7.86. The summed E-state index contributed by atoms with van der Waals surface area (Å²) in [6.45, 7) is 3.29. The molecule has 5 nitrogen and oxygen atoms in total. The van der Waals surface area contributed by atoms with Gasteiger partial charge in [-0.15, -0.1) is 0 Å². The third-order valence-corrected chi connectivity index (χ3v) is 3.27. The van der Waals surface area contributed by atoms with Gasteiger partial charge < -0.3 is 15.8 Å². The van der Waals surface area contributed by atoms with E-state index < -0.39 is 11.5 Å². The minimum atomic E-state index is -0.967. The Bertz CT molecular complexity index is 294. The fraction of sp³-hybridized carbons (Fsp3) is 0.833. The highest BCUT2D eigenvalue weighted by Crippen LogP contribution is 2.24. The first kappa shape index (κ1) is 14.0. The number of hydrogen-bond acceptors (Lipinski definition) is 4. The SMILES string of the molecule is COC(=O)C(C)(C)NC(=O)C1CCC(N)CC1. The number of esters is 1. The molecule has 0 aromatic heterocycles. The number of rotatable bonds is 3. The van der Waals surface area contributed by atoms with Gasteiger partial charge in [-0.05, 0) is 39.5 Å². The summed E-state index contributed by atoms with van der Waals surface area (Å²) in [6, 6.07) is 0.215. The van der Waals surface area contributed by atoms with Crippen molar-refractivity contribution in [1.82, 2.24) is 5.32 Å². The van der Waals surface area contributed by atoms with Crippen molar-refractivity contribution in [2.75, 3.05) is 7.11 Å². The number of carbonyl (C=O) groups excluding carboxylic acids is 2. The van der Waals surface area contributed by atoms with Gasteiger partial charge in [0.1, 0.15) is 5.54 Å². The van der Waals surface area contributed by atoms with E-state index in [-0.39, 0.29) is 17.9 Å². The highest BCUT2D eigenvalue weighted by molar-refractivity contribution is 5.88. The predicted octanol–water partition coefficient (Wildman–Crippen LogP) is 0.572. The van der Waals surface area contributed by atoms with Crippen molar-refractivity contribution < 1.29 is 14.3 Å². The fourth-order valence-corrected chi connectivity index (χ4v) is 2.10. The molecule has 1 saturated carbocycles. The molecule has 0 heterocycles. The first-order valence-corrected chi connectivity index (χ1v) is 6.03. The number of carbonyl (C=O) groups is 2. The van der Waals surface area contributed by atoms with Crippen LogP contribution in [0, 0.1) is 5.92 Å². The molecule has 5 heteroatoms. The smallest absolute Gasteiger partial charge is 0.330 e. The van der Waals surface area contributed by atoms with Crippen molar-refractivity contribution in [3.63, 3.8) is 0 Å². The molecule has 1 amide bonds. The number of ether oxygens (including phenoxy) is 1. The maximum atomic E-state index is 12.0. The Kier molecular flexibility index (Phi) is 4.51. The lowest BCUT2D eigenvalue weighted by Crippen LogP contribution is -2.52. The highest BCUT2D eigenvalue weighted by atomic mass is 16.5. The maximum Gasteiger partial charge on any atom is 0.330 e. The second kappa shape index (κ2) is 5.49. The number of amides is 1. The lowest BCUT2D eigenvalue weighted by atomic mass is 9.85. The predicted molar refractivity (Wildman–Crippen MR) is 64.2 cm³/mol. The summed E-state index contributed by atoms with van der Waals surface area (Å²) in [6.07, 6.45) is 3.34. The molecular formula is C12H22N2O3. The molecule has 17 heavy (non-hydrogen) atoms. The van der Waals surface area contributed by atoms with Gasteiger partial charge in [0.25, 0.3) is 0 Å². The molecule has 0 aliphatic heterocycles. The third-order valence-electron chi connectivity index (χ3n) is 3.27. The zero-order valence-electron chi connectivity index (χ0n) is 10.8. The first-order valence-electron chi connectivity index (χ1n) is 6.03. The van der Waals surface area contributed by atoms with Gasteiger partial charge in [0.2, 0.25) is 5.91 Å². The van der Waals surface area contributed by atoms with E-state index in [1.807, 2.05) is 0 Å². The molecule has 0 radical (unpaired) electrons. The van der Waals surface area contributed by atoms with Crippen LogP contribution in [0.5, 0.6) is 0 Å². The van der Waals surface area contributed by atoms with E-state index in [1.54, 1.807) is 13.8 Å². The van der Waals surface area contributed by atoms with E-state index in [0.717, 1.165) is 25.7 Å². The molecule has 3 N–H and O–H groups in total. The normalized spacial score (nSPS) is 25.2. The Balaban J connectivity index is 2.51. The number of hydrogen-bond donors (Lipinski definition) is 2. The zero-order chi connectivity index (χ0) is 13.1. The largest absolute Gasteiger partial charge is 0.467 e. The Labute approximate surface area is 102 Å². The average molecular weight is 242 g/mol. The molecule has 1 rings (SSSR count). The van der Waals surface area contributed by atoms with Crippen molar-refractivity contribution in [3.8, 4) is 0 Å². The number of nitrogens with one attached hydrogen (secondary N) is 1.